The number of benzene rings is 5. The normalized spacial score (nSPS) is 12.3. The summed E-state index contributed by atoms with van der Waals surface area (Å²) in [4.78, 5) is 12.5. The number of rotatable bonds is 28. The third-order valence-electron chi connectivity index (χ3n) is 12.5. The van der Waals surface area contributed by atoms with E-state index in [4.69, 9.17) is 0 Å². The molecule has 0 amide bonds. The second-order valence-electron chi connectivity index (χ2n) is 18.7. The van der Waals surface area contributed by atoms with Crippen LogP contribution in [0.15, 0.2) is 121 Å². The van der Waals surface area contributed by atoms with Gasteiger partial charge in [0.1, 0.15) is 34.1 Å². The van der Waals surface area contributed by atoms with Crippen molar-refractivity contribution in [2.75, 3.05) is 73.0 Å². The summed E-state index contributed by atoms with van der Waals surface area (Å²) in [6, 6.07) is 46.8. The topological polar surface area (TPSA) is 21.8 Å². The zero-order valence-electron chi connectivity index (χ0n) is 45.5. The molecule has 0 unspecified atom stereocenters. The molecule has 430 valence electrons. The van der Waals surface area contributed by atoms with Gasteiger partial charge in [-0.3, -0.25) is 0 Å². The Morgan fingerprint density at radius 2 is 0.447 bits per heavy atom. The summed E-state index contributed by atoms with van der Waals surface area (Å²) < 4.78 is 99.1. The maximum atomic E-state index is 9.91. The molecule has 0 aliphatic heterocycles. The molecule has 5 aromatic rings. The summed E-state index contributed by atoms with van der Waals surface area (Å²) in [6.45, 7) is 20.3. The van der Waals surface area contributed by atoms with Gasteiger partial charge in [-0.2, -0.15) is 0 Å². The Kier molecular flexibility index (Phi) is 30.8. The van der Waals surface area contributed by atoms with Crippen LogP contribution >= 0.6 is 0 Å². The van der Waals surface area contributed by atoms with Gasteiger partial charge in [-0.15, -0.1) is 0 Å². The third-order valence-corrected chi connectivity index (χ3v) is 12.5. The monoisotopic (exact) mass is 1310 g/mol. The van der Waals surface area contributed by atoms with Crippen molar-refractivity contribution in [2.24, 2.45) is 0 Å². The summed E-state index contributed by atoms with van der Waals surface area (Å²) in [5.74, 6) is 0. The van der Waals surface area contributed by atoms with Crippen molar-refractivity contribution in [3.63, 3.8) is 0 Å². The zero-order chi connectivity index (χ0) is 55.0. The molecule has 2 N–H and O–H groups in total. The second-order valence-corrected chi connectivity index (χ2v) is 26.0. The van der Waals surface area contributed by atoms with Gasteiger partial charge >= 0.3 is 68.7 Å². The van der Waals surface area contributed by atoms with Gasteiger partial charge in [0.25, 0.3) is 0 Å². The van der Waals surface area contributed by atoms with Crippen LogP contribution in [0.5, 0.6) is 0 Å². The predicted molar refractivity (Wildman–Crippen MR) is 295 cm³/mol. The first kappa shape index (κ1) is 70.0. The molecule has 0 spiro atoms. The van der Waals surface area contributed by atoms with Crippen molar-refractivity contribution >= 4 is 97.5 Å². The third kappa shape index (κ3) is 27.6. The van der Waals surface area contributed by atoms with Crippen LogP contribution in [-0.2, 0) is 0 Å². The van der Waals surface area contributed by atoms with Gasteiger partial charge in [0, 0.05) is 149 Å². The Balaban J connectivity index is 0.00000185. The molecule has 0 heterocycles. The van der Waals surface area contributed by atoms with Crippen LogP contribution in [0.25, 0.3) is 0 Å². The molecule has 0 saturated heterocycles. The van der Waals surface area contributed by atoms with Crippen LogP contribution in [0.2, 0.25) is 0 Å². The molecule has 6 nitrogen and oxygen atoms in total. The molecule has 0 saturated carbocycles. The number of hydrogen-bond acceptors (Lipinski definition) is 4. The van der Waals surface area contributed by atoms with E-state index in [1.54, 1.807) is 0 Å². The van der Waals surface area contributed by atoms with E-state index in [9.17, 15) is 28.1 Å². The van der Waals surface area contributed by atoms with Crippen LogP contribution in [0, 0.1) is 0 Å². The van der Waals surface area contributed by atoms with E-state index in [2.05, 4.69) is 197 Å². The summed E-state index contributed by atoms with van der Waals surface area (Å²) in [5.41, 5.74) is 12.6. The molecule has 5 rings (SSSR count). The van der Waals surface area contributed by atoms with Crippen molar-refractivity contribution in [1.82, 2.24) is 0 Å². The zero-order valence-corrected chi connectivity index (χ0v) is 50.6. The van der Waals surface area contributed by atoms with Gasteiger partial charge in [-0.25, -0.2) is 9.80 Å². The van der Waals surface area contributed by atoms with E-state index in [0.29, 0.717) is 0 Å². The number of anilines is 4. The van der Waals surface area contributed by atoms with E-state index in [-0.39, 0.29) is 9.41 Å². The quantitative estimate of drug-likeness (QED) is 0.0385. The number of halogens is 12. The summed E-state index contributed by atoms with van der Waals surface area (Å²) in [7, 11) is 4.42. The van der Waals surface area contributed by atoms with Gasteiger partial charge in [0.15, 0.2) is 0 Å². The molecular formula is C56H82F12N6Sb2. The van der Waals surface area contributed by atoms with E-state index in [1.165, 1.54) is 144 Å². The van der Waals surface area contributed by atoms with Crippen LogP contribution < -0.4 is 38.8 Å². The maximum absolute atomic E-state index is 9.91. The minimum atomic E-state index is -9.19. The summed E-state index contributed by atoms with van der Waals surface area (Å²) in [5, 5.41) is 0. The average Bonchev–Trinajstić information content (AvgIpc) is 3.35. The van der Waals surface area contributed by atoms with E-state index in [1.807, 2.05) is 0 Å². The molecule has 20 heteroatoms. The Hall–Kier alpha value is -3.98. The fraction of sp³-hybridized carbons (Fsp3) is 0.464. The molecule has 0 aliphatic rings. The Bertz CT molecular complexity index is 2130. The molecule has 0 atom stereocenters. The van der Waals surface area contributed by atoms with Crippen LogP contribution in [0.1, 0.15) is 119 Å². The first-order valence-corrected chi connectivity index (χ1v) is 35.9. The Morgan fingerprint density at radius 3 is 0.632 bits per heavy atom. The minimum absolute atomic E-state index is 0. The second kappa shape index (κ2) is 33.5. The van der Waals surface area contributed by atoms with Gasteiger partial charge in [0.2, 0.25) is 0 Å². The van der Waals surface area contributed by atoms with Crippen molar-refractivity contribution in [1.29, 1.82) is 0 Å². The van der Waals surface area contributed by atoms with Crippen molar-refractivity contribution < 1.29 is 47.3 Å². The predicted octanol–water partition coefficient (Wildman–Crippen LogP) is 10.8. The van der Waals surface area contributed by atoms with Crippen molar-refractivity contribution in [3.05, 3.63) is 121 Å². The van der Waals surface area contributed by atoms with Gasteiger partial charge < -0.3 is 29.0 Å². The fourth-order valence-corrected chi connectivity index (χ4v) is 8.43. The molecule has 0 radical (unpaired) electrons. The van der Waals surface area contributed by atoms with Crippen LogP contribution in [-0.4, -0.2) is 94.0 Å². The summed E-state index contributed by atoms with van der Waals surface area (Å²) in [6.07, 6.45) is 14.5. The van der Waals surface area contributed by atoms with Gasteiger partial charge in [0.05, 0.1) is 0 Å². The van der Waals surface area contributed by atoms with Crippen molar-refractivity contribution in [3.8, 4) is 0 Å². The Morgan fingerprint density at radius 1 is 0.289 bits per heavy atom. The first-order valence-electron chi connectivity index (χ1n) is 26.2. The average molecular weight is 1310 g/mol. The summed E-state index contributed by atoms with van der Waals surface area (Å²) >= 11 is -18.4. The molecule has 0 aliphatic carbocycles. The van der Waals surface area contributed by atoms with E-state index in [0.717, 1.165) is 39.3 Å². The van der Waals surface area contributed by atoms with Crippen molar-refractivity contribution in [2.45, 2.75) is 119 Å². The standard InChI is InChI=1S/C56H80N6.12FH.2Sb/c1-9-15-41-57(7)47-21-29-51(30-22-47)61(52-31-23-48(24-32-52)58(8)42-16-10-2)55-37-39-56(40-38-55)62(53-33-25-49(26-34-53)59(43-17-11-3)44-18-12-4)54-35-27-50(28-36-54)60(45-19-13-5)46-20-14-6;;;;;;;;;;;;;;/h21-40H,9-20,41-46H2,1-8H3;12*1H;;/q;;;;;;;;;;;;;2*+5/p-10. The van der Waals surface area contributed by atoms with Crippen LogP contribution in [0.3, 0.4) is 0 Å². The number of nitrogens with zero attached hydrogens (tertiary/aromatic N) is 4. The number of nitrogens with one attached hydrogen (secondary N) is 2. The molecule has 0 aromatic heterocycles. The number of unbranched alkanes of at least 4 members (excludes halogenated alkanes) is 6. The first-order chi connectivity index (χ1) is 34.8. The molecule has 76 heavy (non-hydrogen) atoms. The number of hydrogen-bond donors (Lipinski definition) is 2. The van der Waals surface area contributed by atoms with E-state index >= 15 is 0 Å². The van der Waals surface area contributed by atoms with E-state index < -0.39 is 40.6 Å². The molecule has 5 aromatic carbocycles. The molecule has 0 fully saturated rings. The van der Waals surface area contributed by atoms with Gasteiger partial charge in [-0.1, -0.05) is 80.1 Å². The SMILES string of the molecule is CCCCN(C)c1ccc([NH+](c2ccc(N(C)CCCC)cc2)c2ccc([NH+](c3ccc(N(CCCC)CCCC)cc3)c3ccc(N(CCCC)CCCC)cc3)cc2)cc1.[F-].[F-].[F][Sb]([F])([F])([F])[F].[F][Sb]([F])([F])([F])[F]. The molecule has 0 bridgehead atoms. The van der Waals surface area contributed by atoms with Crippen LogP contribution in [0.4, 0.5) is 85.0 Å². The number of quaternary nitrogens is 2. The molecular weight excluding hydrogens is 1230 g/mol. The van der Waals surface area contributed by atoms with Gasteiger partial charge in [-0.05, 0) is 87.1 Å². The fourth-order valence-electron chi connectivity index (χ4n) is 8.43. The Labute approximate surface area is 454 Å².